The van der Waals surface area contributed by atoms with Crippen LogP contribution in [0.25, 0.3) is 0 Å². The van der Waals surface area contributed by atoms with Gasteiger partial charge in [-0.05, 0) is 48.9 Å². The van der Waals surface area contributed by atoms with E-state index in [-0.39, 0.29) is 34.5 Å². The summed E-state index contributed by atoms with van der Waals surface area (Å²) in [6.45, 7) is 2.50. The molecule has 1 unspecified atom stereocenters. The van der Waals surface area contributed by atoms with Gasteiger partial charge in [0, 0.05) is 43.0 Å². The Morgan fingerprint density at radius 3 is 2.67 bits per heavy atom. The number of rotatable bonds is 8. The Morgan fingerprint density at radius 2 is 2.00 bits per heavy atom. The van der Waals surface area contributed by atoms with Crippen molar-refractivity contribution >= 4 is 46.1 Å². The van der Waals surface area contributed by atoms with E-state index in [0.29, 0.717) is 30.0 Å². The molecule has 1 aliphatic heterocycles. The van der Waals surface area contributed by atoms with E-state index in [1.807, 2.05) is 6.92 Å². The Kier molecular flexibility index (Phi) is 9.27. The van der Waals surface area contributed by atoms with Gasteiger partial charge in [-0.15, -0.1) is 0 Å². The third-order valence-corrected chi connectivity index (χ3v) is 6.09. The summed E-state index contributed by atoms with van der Waals surface area (Å²) < 4.78 is 15.6. The summed E-state index contributed by atoms with van der Waals surface area (Å²) in [5.41, 5.74) is 2.17. The number of carbonyl (C=O) groups is 1. The van der Waals surface area contributed by atoms with Crippen LogP contribution in [0.4, 0.5) is 15.8 Å². The highest BCUT2D eigenvalue weighted by Crippen LogP contribution is 2.28. The standard InChI is InChI=1S/C27H30ClFN6O/c1-4-17-15-20(30)24(26(31)18-10-12-19(28)13-11-18)27(33-16-17)34-21-7-5-8-22(25(21)29)35(3)23(36)9-6-14-32-2/h5-13,16,24,30-32H,4,14-15H2,1-3H3,(H,33,34). The van der Waals surface area contributed by atoms with E-state index in [2.05, 4.69) is 15.6 Å². The summed E-state index contributed by atoms with van der Waals surface area (Å²) in [6.07, 6.45) is 5.79. The van der Waals surface area contributed by atoms with Crippen molar-refractivity contribution in [2.75, 3.05) is 30.9 Å². The van der Waals surface area contributed by atoms with Crippen molar-refractivity contribution in [1.82, 2.24) is 5.32 Å². The summed E-state index contributed by atoms with van der Waals surface area (Å²) in [7, 11) is 3.27. The maximum absolute atomic E-state index is 15.6. The topological polar surface area (TPSA) is 104 Å². The molecule has 0 aromatic heterocycles. The van der Waals surface area contributed by atoms with E-state index >= 15 is 4.39 Å². The fourth-order valence-corrected chi connectivity index (χ4v) is 3.87. The molecular weight excluding hydrogens is 479 g/mol. The van der Waals surface area contributed by atoms with Gasteiger partial charge in [0.1, 0.15) is 5.84 Å². The summed E-state index contributed by atoms with van der Waals surface area (Å²) in [6, 6.07) is 11.5. The van der Waals surface area contributed by atoms with Gasteiger partial charge in [0.25, 0.3) is 5.91 Å². The van der Waals surface area contributed by atoms with Gasteiger partial charge in [0.15, 0.2) is 5.82 Å². The lowest BCUT2D eigenvalue weighted by Gasteiger charge is -2.23. The van der Waals surface area contributed by atoms with Crippen molar-refractivity contribution in [2.45, 2.75) is 19.8 Å². The van der Waals surface area contributed by atoms with E-state index < -0.39 is 11.7 Å². The Labute approximate surface area is 215 Å². The van der Waals surface area contributed by atoms with Crippen LogP contribution < -0.4 is 15.5 Å². The largest absolute Gasteiger partial charge is 0.340 e. The average molecular weight is 509 g/mol. The minimum Gasteiger partial charge on any atom is -0.340 e. The predicted molar refractivity (Wildman–Crippen MR) is 146 cm³/mol. The molecule has 7 nitrogen and oxygen atoms in total. The van der Waals surface area contributed by atoms with Gasteiger partial charge in [-0.25, -0.2) is 9.38 Å². The molecule has 1 heterocycles. The fourth-order valence-electron chi connectivity index (χ4n) is 3.74. The highest BCUT2D eigenvalue weighted by atomic mass is 35.5. The molecule has 0 aliphatic carbocycles. The quantitative estimate of drug-likeness (QED) is 0.282. The number of likely N-dealkylation sites (N-methyl/N-ethyl adjacent to an activating group) is 2. The van der Waals surface area contributed by atoms with Crippen LogP contribution in [0.15, 0.2) is 71.4 Å². The molecule has 1 atom stereocenters. The molecular formula is C27H30ClFN6O. The first-order chi connectivity index (χ1) is 17.3. The first kappa shape index (κ1) is 27.0. The minimum absolute atomic E-state index is 0.0949. The molecule has 4 N–H and O–H groups in total. The molecule has 188 valence electrons. The monoisotopic (exact) mass is 508 g/mol. The normalized spacial score (nSPS) is 15.8. The Hall–Kier alpha value is -3.62. The van der Waals surface area contributed by atoms with Gasteiger partial charge in [-0.2, -0.15) is 0 Å². The number of hydrogen-bond donors (Lipinski definition) is 4. The number of carbonyl (C=O) groups excluding carboxylic acids is 1. The van der Waals surface area contributed by atoms with Gasteiger partial charge in [0.05, 0.1) is 23.0 Å². The first-order valence-electron chi connectivity index (χ1n) is 11.6. The van der Waals surface area contributed by atoms with E-state index in [1.54, 1.807) is 55.7 Å². The summed E-state index contributed by atoms with van der Waals surface area (Å²) in [5, 5.41) is 24.1. The number of aliphatic imine (C=N–C) groups is 1. The number of nitrogens with zero attached hydrogens (tertiary/aromatic N) is 2. The van der Waals surface area contributed by atoms with Crippen LogP contribution in [0.5, 0.6) is 0 Å². The number of hydrogen-bond acceptors (Lipinski definition) is 6. The molecule has 0 fully saturated rings. The predicted octanol–water partition coefficient (Wildman–Crippen LogP) is 5.43. The second-order valence-electron chi connectivity index (χ2n) is 8.33. The second-order valence-corrected chi connectivity index (χ2v) is 8.77. The van der Waals surface area contributed by atoms with E-state index in [1.165, 1.54) is 24.1 Å². The highest BCUT2D eigenvalue weighted by Gasteiger charge is 2.30. The molecule has 36 heavy (non-hydrogen) atoms. The Bertz CT molecular complexity index is 1240. The SMILES string of the molecule is CCC1=CN=C(Nc2cccc(N(C)C(=O)C=CCNC)c2F)C(C(=N)c2ccc(Cl)cc2)C(=N)C1. The number of amidine groups is 1. The second kappa shape index (κ2) is 12.4. The summed E-state index contributed by atoms with van der Waals surface area (Å²) in [5.74, 6) is -1.54. The average Bonchev–Trinajstić information content (AvgIpc) is 3.03. The van der Waals surface area contributed by atoms with Crippen molar-refractivity contribution < 1.29 is 9.18 Å². The zero-order valence-corrected chi connectivity index (χ0v) is 21.3. The number of halogens is 2. The van der Waals surface area contributed by atoms with Crippen LogP contribution in [0, 0.1) is 22.6 Å². The number of amides is 1. The number of benzene rings is 2. The number of nitrogens with one attached hydrogen (secondary N) is 4. The highest BCUT2D eigenvalue weighted by molar-refractivity contribution is 6.31. The van der Waals surface area contributed by atoms with Gasteiger partial charge in [-0.3, -0.25) is 4.79 Å². The van der Waals surface area contributed by atoms with E-state index in [9.17, 15) is 4.79 Å². The van der Waals surface area contributed by atoms with Crippen LogP contribution in [0.1, 0.15) is 25.3 Å². The lowest BCUT2D eigenvalue weighted by Crippen LogP contribution is -2.36. The molecule has 9 heteroatoms. The zero-order valence-electron chi connectivity index (χ0n) is 20.5. The van der Waals surface area contributed by atoms with E-state index in [4.69, 9.17) is 22.4 Å². The summed E-state index contributed by atoms with van der Waals surface area (Å²) >= 11 is 6.01. The van der Waals surface area contributed by atoms with Crippen molar-refractivity contribution in [1.29, 1.82) is 10.8 Å². The van der Waals surface area contributed by atoms with Crippen molar-refractivity contribution in [2.24, 2.45) is 10.9 Å². The van der Waals surface area contributed by atoms with Crippen LogP contribution >= 0.6 is 11.6 Å². The van der Waals surface area contributed by atoms with Crippen LogP contribution in [0.3, 0.4) is 0 Å². The van der Waals surface area contributed by atoms with Crippen molar-refractivity contribution in [3.8, 4) is 0 Å². The van der Waals surface area contributed by atoms with Crippen LogP contribution in [0.2, 0.25) is 5.02 Å². The third-order valence-electron chi connectivity index (χ3n) is 5.84. The molecule has 0 saturated carbocycles. The van der Waals surface area contributed by atoms with Gasteiger partial charge in [0.2, 0.25) is 0 Å². The maximum atomic E-state index is 15.6. The van der Waals surface area contributed by atoms with Crippen LogP contribution in [-0.2, 0) is 4.79 Å². The smallest absolute Gasteiger partial charge is 0.250 e. The Balaban J connectivity index is 1.96. The number of anilines is 2. The fraction of sp³-hybridized carbons (Fsp3) is 0.259. The molecule has 0 spiro atoms. The molecule has 1 amide bonds. The van der Waals surface area contributed by atoms with Gasteiger partial charge in [-0.1, -0.05) is 42.8 Å². The third kappa shape index (κ3) is 6.33. The van der Waals surface area contributed by atoms with E-state index in [0.717, 1.165) is 5.57 Å². The van der Waals surface area contributed by atoms with Gasteiger partial charge < -0.3 is 26.4 Å². The van der Waals surface area contributed by atoms with Gasteiger partial charge >= 0.3 is 0 Å². The molecule has 0 radical (unpaired) electrons. The molecule has 3 rings (SSSR count). The lowest BCUT2D eigenvalue weighted by molar-refractivity contribution is -0.113. The Morgan fingerprint density at radius 1 is 1.28 bits per heavy atom. The molecule has 0 saturated heterocycles. The number of allylic oxidation sites excluding steroid dienone is 1. The maximum Gasteiger partial charge on any atom is 0.250 e. The first-order valence-corrected chi connectivity index (χ1v) is 12.0. The molecule has 1 aliphatic rings. The summed E-state index contributed by atoms with van der Waals surface area (Å²) in [4.78, 5) is 18.2. The van der Waals surface area contributed by atoms with Crippen molar-refractivity contribution in [3.63, 3.8) is 0 Å². The van der Waals surface area contributed by atoms with Crippen molar-refractivity contribution in [3.05, 3.63) is 82.8 Å². The zero-order chi connectivity index (χ0) is 26.2. The molecule has 2 aromatic rings. The van der Waals surface area contributed by atoms with Crippen LogP contribution in [-0.4, -0.2) is 43.8 Å². The molecule has 0 bridgehead atoms. The molecule has 2 aromatic carbocycles. The minimum atomic E-state index is -0.807. The lowest BCUT2D eigenvalue weighted by atomic mass is 9.88.